The number of benzene rings is 1. The molecule has 0 saturated heterocycles. The van der Waals surface area contributed by atoms with Crippen LogP contribution in [-0.2, 0) is 0 Å². The molecule has 20 heavy (non-hydrogen) atoms. The lowest BCUT2D eigenvalue weighted by molar-refractivity contribution is 0.420. The minimum atomic E-state index is -1.47. The summed E-state index contributed by atoms with van der Waals surface area (Å²) in [5.41, 5.74) is 0.275. The largest absolute Gasteiger partial charge is 0.452 e. The van der Waals surface area contributed by atoms with Crippen LogP contribution < -0.4 is 5.32 Å². The summed E-state index contributed by atoms with van der Waals surface area (Å²) in [6, 6.07) is 4.79. The van der Waals surface area contributed by atoms with Gasteiger partial charge >= 0.3 is 0 Å². The van der Waals surface area contributed by atoms with Crippen LogP contribution in [0.1, 0.15) is 30.7 Å². The zero-order valence-corrected chi connectivity index (χ0v) is 12.3. The molecule has 0 aliphatic rings. The number of hydrogen-bond acceptors (Lipinski definition) is 2. The highest BCUT2D eigenvalue weighted by atomic mass is 79.9. The van der Waals surface area contributed by atoms with E-state index in [4.69, 9.17) is 4.42 Å². The summed E-state index contributed by atoms with van der Waals surface area (Å²) in [5.74, 6) is -3.40. The molecule has 1 atom stereocenters. The standard InChI is InChI=1S/C14H13BrF3NO/c1-2-5-19-14(11-3-4-12(15)20-11)8-6-9(16)13(18)10(17)7-8/h3-4,6-7,14,19H,2,5H2,1H3. The van der Waals surface area contributed by atoms with E-state index in [1.165, 1.54) is 0 Å². The Morgan fingerprint density at radius 2 is 1.85 bits per heavy atom. The summed E-state index contributed by atoms with van der Waals surface area (Å²) < 4.78 is 45.7. The van der Waals surface area contributed by atoms with Gasteiger partial charge in [0.15, 0.2) is 22.1 Å². The molecule has 0 amide bonds. The molecule has 0 bridgehead atoms. The molecule has 2 rings (SSSR count). The summed E-state index contributed by atoms with van der Waals surface area (Å²) in [6.07, 6.45) is 0.838. The maximum atomic E-state index is 13.4. The van der Waals surface area contributed by atoms with Gasteiger partial charge in [0.1, 0.15) is 5.76 Å². The number of halogens is 4. The van der Waals surface area contributed by atoms with Crippen molar-refractivity contribution in [3.8, 4) is 0 Å². The Morgan fingerprint density at radius 3 is 2.35 bits per heavy atom. The van der Waals surface area contributed by atoms with Crippen LogP contribution in [0.4, 0.5) is 13.2 Å². The van der Waals surface area contributed by atoms with Gasteiger partial charge in [-0.05, 0) is 58.7 Å². The molecule has 2 aromatic rings. The van der Waals surface area contributed by atoms with Gasteiger partial charge in [-0.1, -0.05) is 6.92 Å². The van der Waals surface area contributed by atoms with Gasteiger partial charge in [0.25, 0.3) is 0 Å². The van der Waals surface area contributed by atoms with Crippen molar-refractivity contribution < 1.29 is 17.6 Å². The lowest BCUT2D eigenvalue weighted by atomic mass is 10.0. The van der Waals surface area contributed by atoms with Crippen molar-refractivity contribution in [2.45, 2.75) is 19.4 Å². The summed E-state index contributed by atoms with van der Waals surface area (Å²) in [5, 5.41) is 3.12. The summed E-state index contributed by atoms with van der Waals surface area (Å²) in [6.45, 7) is 2.59. The van der Waals surface area contributed by atoms with Crippen LogP contribution in [0.3, 0.4) is 0 Å². The average molecular weight is 348 g/mol. The van der Waals surface area contributed by atoms with Gasteiger partial charge in [0.2, 0.25) is 0 Å². The third-order valence-electron chi connectivity index (χ3n) is 2.82. The van der Waals surface area contributed by atoms with E-state index in [1.54, 1.807) is 12.1 Å². The van der Waals surface area contributed by atoms with Crippen molar-refractivity contribution in [2.75, 3.05) is 6.54 Å². The predicted octanol–water partition coefficient (Wildman–Crippen LogP) is 4.55. The van der Waals surface area contributed by atoms with Crippen LogP contribution in [0.2, 0.25) is 0 Å². The zero-order valence-electron chi connectivity index (χ0n) is 10.7. The van der Waals surface area contributed by atoms with Gasteiger partial charge in [-0.25, -0.2) is 13.2 Å². The van der Waals surface area contributed by atoms with Crippen molar-refractivity contribution in [1.82, 2.24) is 5.32 Å². The second-order valence-electron chi connectivity index (χ2n) is 4.33. The van der Waals surface area contributed by atoms with Gasteiger partial charge in [-0.15, -0.1) is 0 Å². The molecule has 1 aromatic carbocycles. The lowest BCUT2D eigenvalue weighted by Crippen LogP contribution is -2.23. The first kappa shape index (κ1) is 15.1. The van der Waals surface area contributed by atoms with Crippen molar-refractivity contribution in [3.05, 3.63) is 57.7 Å². The van der Waals surface area contributed by atoms with Crippen molar-refractivity contribution >= 4 is 15.9 Å². The maximum Gasteiger partial charge on any atom is 0.194 e. The van der Waals surface area contributed by atoms with E-state index in [0.29, 0.717) is 17.0 Å². The molecule has 1 aromatic heterocycles. The molecule has 1 heterocycles. The lowest BCUT2D eigenvalue weighted by Gasteiger charge is -2.17. The predicted molar refractivity (Wildman–Crippen MR) is 72.9 cm³/mol. The molecule has 108 valence electrons. The number of hydrogen-bond donors (Lipinski definition) is 1. The molecule has 0 fully saturated rings. The molecule has 1 unspecified atom stereocenters. The Bertz CT molecular complexity index is 577. The normalized spacial score (nSPS) is 12.7. The molecule has 0 saturated carbocycles. The van der Waals surface area contributed by atoms with Crippen LogP contribution in [0.25, 0.3) is 0 Å². The van der Waals surface area contributed by atoms with E-state index in [2.05, 4.69) is 21.2 Å². The van der Waals surface area contributed by atoms with Crippen LogP contribution in [0, 0.1) is 17.5 Å². The first-order chi connectivity index (χ1) is 9.52. The molecule has 0 aliphatic carbocycles. The van der Waals surface area contributed by atoms with E-state index >= 15 is 0 Å². The molecule has 2 nitrogen and oxygen atoms in total. The average Bonchev–Trinajstić information content (AvgIpc) is 2.83. The third-order valence-corrected chi connectivity index (χ3v) is 3.24. The van der Waals surface area contributed by atoms with E-state index in [1.807, 2.05) is 6.92 Å². The quantitative estimate of drug-likeness (QED) is 0.802. The van der Waals surface area contributed by atoms with Gasteiger partial charge < -0.3 is 9.73 Å². The SMILES string of the molecule is CCCNC(c1cc(F)c(F)c(F)c1)c1ccc(Br)o1. The smallest absolute Gasteiger partial charge is 0.194 e. The molecule has 1 N–H and O–H groups in total. The fourth-order valence-electron chi connectivity index (χ4n) is 1.90. The van der Waals surface area contributed by atoms with E-state index in [-0.39, 0.29) is 5.56 Å². The van der Waals surface area contributed by atoms with E-state index in [9.17, 15) is 13.2 Å². The van der Waals surface area contributed by atoms with Crippen LogP contribution in [-0.4, -0.2) is 6.54 Å². The highest BCUT2D eigenvalue weighted by Crippen LogP contribution is 2.28. The third kappa shape index (κ3) is 3.24. The topological polar surface area (TPSA) is 25.2 Å². The minimum absolute atomic E-state index is 0.275. The maximum absolute atomic E-state index is 13.4. The molecule has 0 spiro atoms. The Labute approximate surface area is 123 Å². The van der Waals surface area contributed by atoms with Crippen molar-refractivity contribution in [1.29, 1.82) is 0 Å². The Balaban J connectivity index is 2.40. The Morgan fingerprint density at radius 1 is 1.20 bits per heavy atom. The number of furan rings is 1. The molecular formula is C14H13BrF3NO. The summed E-state index contributed by atoms with van der Waals surface area (Å²) in [7, 11) is 0. The second-order valence-corrected chi connectivity index (χ2v) is 5.11. The number of nitrogens with one attached hydrogen (secondary N) is 1. The van der Waals surface area contributed by atoms with Gasteiger partial charge in [0, 0.05) is 0 Å². The van der Waals surface area contributed by atoms with E-state index < -0.39 is 23.5 Å². The van der Waals surface area contributed by atoms with Crippen molar-refractivity contribution in [2.24, 2.45) is 0 Å². The Kier molecular flexibility index (Phi) is 4.88. The first-order valence-electron chi connectivity index (χ1n) is 6.16. The van der Waals surface area contributed by atoms with Crippen LogP contribution in [0.5, 0.6) is 0 Å². The minimum Gasteiger partial charge on any atom is -0.452 e. The fourth-order valence-corrected chi connectivity index (χ4v) is 2.22. The fraction of sp³-hybridized carbons (Fsp3) is 0.286. The highest BCUT2D eigenvalue weighted by molar-refractivity contribution is 9.10. The van der Waals surface area contributed by atoms with Crippen LogP contribution >= 0.6 is 15.9 Å². The van der Waals surface area contributed by atoms with Gasteiger partial charge in [0.05, 0.1) is 6.04 Å². The highest BCUT2D eigenvalue weighted by Gasteiger charge is 2.21. The zero-order chi connectivity index (χ0) is 14.7. The molecule has 0 aliphatic heterocycles. The number of rotatable bonds is 5. The molecular weight excluding hydrogens is 335 g/mol. The second kappa shape index (κ2) is 6.45. The molecule has 6 heteroatoms. The van der Waals surface area contributed by atoms with Gasteiger partial charge in [-0.2, -0.15) is 0 Å². The molecule has 0 radical (unpaired) electrons. The monoisotopic (exact) mass is 347 g/mol. The first-order valence-corrected chi connectivity index (χ1v) is 6.95. The summed E-state index contributed by atoms with van der Waals surface area (Å²) in [4.78, 5) is 0. The van der Waals surface area contributed by atoms with Crippen LogP contribution in [0.15, 0.2) is 33.4 Å². The van der Waals surface area contributed by atoms with Crippen molar-refractivity contribution in [3.63, 3.8) is 0 Å². The summed E-state index contributed by atoms with van der Waals surface area (Å²) >= 11 is 3.18. The Hall–Kier alpha value is -1.27. The van der Waals surface area contributed by atoms with Gasteiger partial charge in [-0.3, -0.25) is 0 Å². The van der Waals surface area contributed by atoms with E-state index in [0.717, 1.165) is 18.6 Å².